The van der Waals surface area contributed by atoms with Crippen LogP contribution in [0.4, 0.5) is 5.69 Å². The van der Waals surface area contributed by atoms with Crippen molar-refractivity contribution < 1.29 is 23.9 Å². The van der Waals surface area contributed by atoms with Gasteiger partial charge in [0.2, 0.25) is 0 Å². The summed E-state index contributed by atoms with van der Waals surface area (Å²) < 4.78 is 10.8. The Balaban J connectivity index is 1.51. The van der Waals surface area contributed by atoms with E-state index in [0.29, 0.717) is 34.3 Å². The molecule has 2 amide bonds. The van der Waals surface area contributed by atoms with E-state index >= 15 is 0 Å². The van der Waals surface area contributed by atoms with Crippen LogP contribution >= 0.6 is 11.6 Å². The maximum Gasteiger partial charge on any atom is 0.299 e. The lowest BCUT2D eigenvalue weighted by Gasteiger charge is -2.25. The smallest absolute Gasteiger partial charge is 0.299 e. The Morgan fingerprint density at radius 3 is 2.39 bits per heavy atom. The second kappa shape index (κ2) is 9.47. The average Bonchev–Trinajstić information content (AvgIpc) is 3.45. The fourth-order valence-electron chi connectivity index (χ4n) is 4.53. The normalized spacial score (nSPS) is 16.8. The predicted octanol–water partition coefficient (Wildman–Crippen LogP) is 4.26. The number of amides is 2. The van der Waals surface area contributed by atoms with Crippen LogP contribution in [0.3, 0.4) is 0 Å². The molecule has 0 N–H and O–H groups in total. The lowest BCUT2D eigenvalue weighted by molar-refractivity contribution is -0.132. The van der Waals surface area contributed by atoms with E-state index in [1.54, 1.807) is 49.6 Å². The second-order valence-corrected chi connectivity index (χ2v) is 8.74. The molecule has 0 radical (unpaired) electrons. The summed E-state index contributed by atoms with van der Waals surface area (Å²) in [6.07, 6.45) is 0.397. The molecule has 0 fully saturated rings. The molecule has 0 spiro atoms. The van der Waals surface area contributed by atoms with Crippen molar-refractivity contribution in [1.82, 2.24) is 5.01 Å². The van der Waals surface area contributed by atoms with Gasteiger partial charge in [-0.05, 0) is 35.9 Å². The summed E-state index contributed by atoms with van der Waals surface area (Å²) in [5.74, 6) is -0.724. The molecular weight excluding hydrogens is 482 g/mol. The number of hydrazone groups is 1. The highest BCUT2D eigenvalue weighted by Crippen LogP contribution is 2.38. The summed E-state index contributed by atoms with van der Waals surface area (Å²) in [5.41, 5.74) is 2.83. The molecule has 1 atom stereocenters. The number of carbonyl (C=O) groups is 3. The summed E-state index contributed by atoms with van der Waals surface area (Å²) >= 11 is 6.43. The number of ether oxygens (including phenoxy) is 2. The number of nitrogens with zero attached hydrogens (tertiary/aromatic N) is 3. The quantitative estimate of drug-likeness (QED) is 0.469. The Kier molecular flexibility index (Phi) is 6.20. The SMILES string of the molecule is COc1ccc(C2CC(c3ccccc3Cl)=NN2C(=O)CN2C(=O)C(=O)c3ccccc32)cc1OC. The van der Waals surface area contributed by atoms with Crippen LogP contribution < -0.4 is 14.4 Å². The first-order chi connectivity index (χ1) is 17.4. The lowest BCUT2D eigenvalue weighted by atomic mass is 9.98. The van der Waals surface area contributed by atoms with Crippen LogP contribution in [0.2, 0.25) is 5.02 Å². The van der Waals surface area contributed by atoms with E-state index in [2.05, 4.69) is 5.10 Å². The lowest BCUT2D eigenvalue weighted by Crippen LogP contribution is -2.40. The monoisotopic (exact) mass is 503 g/mol. The van der Waals surface area contributed by atoms with Crippen molar-refractivity contribution in [3.63, 3.8) is 0 Å². The summed E-state index contributed by atoms with van der Waals surface area (Å²) in [5, 5.41) is 6.52. The van der Waals surface area contributed by atoms with Crippen LogP contribution in [0, 0.1) is 0 Å². The van der Waals surface area contributed by atoms with Crippen LogP contribution in [0.5, 0.6) is 11.5 Å². The van der Waals surface area contributed by atoms with Gasteiger partial charge in [0, 0.05) is 17.0 Å². The standard InChI is InChI=1S/C27H22ClN3O5/c1-35-23-12-11-16(13-24(23)36-2)22-14-20(17-7-3-5-9-19(17)28)29-31(22)25(32)15-30-21-10-6-4-8-18(21)26(33)27(30)34/h3-13,22H,14-15H2,1-2H3. The maximum atomic E-state index is 13.6. The molecule has 9 heteroatoms. The summed E-state index contributed by atoms with van der Waals surface area (Å²) in [7, 11) is 3.09. The van der Waals surface area contributed by atoms with Crippen LogP contribution in [0.15, 0.2) is 71.8 Å². The molecule has 5 rings (SSSR count). The molecule has 0 saturated heterocycles. The van der Waals surface area contributed by atoms with Crippen LogP contribution in [-0.4, -0.2) is 49.1 Å². The highest BCUT2D eigenvalue weighted by Gasteiger charge is 2.40. The van der Waals surface area contributed by atoms with E-state index in [1.165, 1.54) is 17.0 Å². The van der Waals surface area contributed by atoms with E-state index in [1.807, 2.05) is 24.3 Å². The summed E-state index contributed by atoms with van der Waals surface area (Å²) in [6.45, 7) is -0.329. The number of methoxy groups -OCH3 is 2. The molecule has 36 heavy (non-hydrogen) atoms. The first-order valence-electron chi connectivity index (χ1n) is 11.2. The molecule has 2 aliphatic rings. The van der Waals surface area contributed by atoms with Gasteiger partial charge in [-0.3, -0.25) is 19.3 Å². The third-order valence-electron chi connectivity index (χ3n) is 6.32. The van der Waals surface area contributed by atoms with Crippen molar-refractivity contribution in [2.75, 3.05) is 25.7 Å². The zero-order valence-electron chi connectivity index (χ0n) is 19.6. The molecule has 0 saturated carbocycles. The van der Waals surface area contributed by atoms with Crippen molar-refractivity contribution >= 4 is 40.6 Å². The molecule has 0 aromatic heterocycles. The number of hydrogen-bond donors (Lipinski definition) is 0. The van der Waals surface area contributed by atoms with Gasteiger partial charge in [-0.25, -0.2) is 5.01 Å². The summed E-state index contributed by atoms with van der Waals surface area (Å²) in [6, 6.07) is 18.9. The van der Waals surface area contributed by atoms with E-state index in [0.717, 1.165) is 11.1 Å². The summed E-state index contributed by atoms with van der Waals surface area (Å²) in [4.78, 5) is 39.9. The molecule has 3 aromatic rings. The molecule has 2 aliphatic heterocycles. The number of rotatable bonds is 6. The number of ketones is 1. The molecule has 2 heterocycles. The zero-order valence-corrected chi connectivity index (χ0v) is 20.4. The Morgan fingerprint density at radius 1 is 0.972 bits per heavy atom. The van der Waals surface area contributed by atoms with Crippen LogP contribution in [0.1, 0.15) is 33.9 Å². The van der Waals surface area contributed by atoms with Gasteiger partial charge >= 0.3 is 0 Å². The fourth-order valence-corrected chi connectivity index (χ4v) is 4.78. The highest BCUT2D eigenvalue weighted by molar-refractivity contribution is 6.52. The topological polar surface area (TPSA) is 88.5 Å². The largest absolute Gasteiger partial charge is 0.493 e. The molecule has 3 aromatic carbocycles. The van der Waals surface area contributed by atoms with Gasteiger partial charge in [0.15, 0.2) is 11.5 Å². The Hall–Kier alpha value is -4.17. The van der Waals surface area contributed by atoms with Crippen molar-refractivity contribution in [2.45, 2.75) is 12.5 Å². The Bertz CT molecular complexity index is 1420. The van der Waals surface area contributed by atoms with E-state index < -0.39 is 23.6 Å². The van der Waals surface area contributed by atoms with Gasteiger partial charge in [0.25, 0.3) is 17.6 Å². The van der Waals surface area contributed by atoms with Gasteiger partial charge in [0.1, 0.15) is 6.54 Å². The van der Waals surface area contributed by atoms with Crippen molar-refractivity contribution in [3.8, 4) is 11.5 Å². The highest BCUT2D eigenvalue weighted by atomic mass is 35.5. The molecular formula is C27H22ClN3O5. The number of para-hydroxylation sites is 1. The number of hydrogen-bond acceptors (Lipinski definition) is 6. The zero-order chi connectivity index (χ0) is 25.4. The van der Waals surface area contributed by atoms with Crippen LogP contribution in [-0.2, 0) is 9.59 Å². The van der Waals surface area contributed by atoms with E-state index in [9.17, 15) is 14.4 Å². The molecule has 0 bridgehead atoms. The third-order valence-corrected chi connectivity index (χ3v) is 6.64. The fraction of sp³-hybridized carbons (Fsp3) is 0.185. The van der Waals surface area contributed by atoms with Crippen molar-refractivity contribution in [1.29, 1.82) is 0 Å². The number of Topliss-reactive ketones (excluding diaryl/α,β-unsaturated/α-hetero) is 1. The number of carbonyl (C=O) groups excluding carboxylic acids is 3. The minimum atomic E-state index is -0.735. The molecule has 1 unspecified atom stereocenters. The van der Waals surface area contributed by atoms with Gasteiger partial charge in [-0.1, -0.05) is 48.0 Å². The van der Waals surface area contributed by atoms with Gasteiger partial charge in [-0.2, -0.15) is 5.10 Å². The minimum Gasteiger partial charge on any atom is -0.493 e. The van der Waals surface area contributed by atoms with Gasteiger partial charge in [-0.15, -0.1) is 0 Å². The van der Waals surface area contributed by atoms with Crippen molar-refractivity contribution in [2.24, 2.45) is 5.10 Å². The third kappa shape index (κ3) is 3.99. The minimum absolute atomic E-state index is 0.286. The first kappa shape index (κ1) is 23.6. The first-order valence-corrected chi connectivity index (χ1v) is 11.6. The molecule has 8 nitrogen and oxygen atoms in total. The van der Waals surface area contributed by atoms with Gasteiger partial charge in [0.05, 0.1) is 37.2 Å². The van der Waals surface area contributed by atoms with Crippen LogP contribution in [0.25, 0.3) is 0 Å². The number of anilines is 1. The molecule has 182 valence electrons. The number of benzene rings is 3. The second-order valence-electron chi connectivity index (χ2n) is 8.34. The van der Waals surface area contributed by atoms with E-state index in [-0.39, 0.29) is 12.1 Å². The maximum absolute atomic E-state index is 13.6. The number of fused-ring (bicyclic) bond motifs is 1. The average molecular weight is 504 g/mol. The van der Waals surface area contributed by atoms with E-state index in [4.69, 9.17) is 21.1 Å². The Morgan fingerprint density at radius 2 is 1.67 bits per heavy atom. The van der Waals surface area contributed by atoms with Gasteiger partial charge < -0.3 is 9.47 Å². The predicted molar refractivity (Wildman–Crippen MR) is 135 cm³/mol. The molecule has 0 aliphatic carbocycles. The Labute approximate surface area is 212 Å². The van der Waals surface area contributed by atoms with Crippen molar-refractivity contribution in [3.05, 3.63) is 88.4 Å². The number of halogens is 1.